The first kappa shape index (κ1) is 11.8. The van der Waals surface area contributed by atoms with Crippen LogP contribution in [0.1, 0.15) is 35.4 Å². The number of nitrogens with one attached hydrogen (secondary N) is 1. The fraction of sp³-hybridized carbons (Fsp3) is 0.385. The van der Waals surface area contributed by atoms with Gasteiger partial charge in [0.1, 0.15) is 5.82 Å². The highest BCUT2D eigenvalue weighted by molar-refractivity contribution is 6.01. The van der Waals surface area contributed by atoms with Crippen molar-refractivity contribution in [2.24, 2.45) is 0 Å². The van der Waals surface area contributed by atoms with Gasteiger partial charge in [-0.3, -0.25) is 14.9 Å². The lowest BCUT2D eigenvalue weighted by Crippen LogP contribution is -2.39. The van der Waals surface area contributed by atoms with E-state index in [0.717, 1.165) is 11.1 Å². The van der Waals surface area contributed by atoms with Gasteiger partial charge >= 0.3 is 0 Å². The maximum Gasteiger partial charge on any atom is 0.234 e. The van der Waals surface area contributed by atoms with Crippen molar-refractivity contribution in [3.63, 3.8) is 0 Å². The number of benzene rings is 1. The molecule has 1 aromatic carbocycles. The number of hydrogen-bond acceptors (Lipinski definition) is 2. The Morgan fingerprint density at radius 1 is 1.24 bits per heavy atom. The van der Waals surface area contributed by atoms with Gasteiger partial charge in [0.25, 0.3) is 0 Å². The smallest absolute Gasteiger partial charge is 0.234 e. The summed E-state index contributed by atoms with van der Waals surface area (Å²) >= 11 is 0. The van der Waals surface area contributed by atoms with Gasteiger partial charge in [0.2, 0.25) is 11.8 Å². The minimum absolute atomic E-state index is 0.234. The molecule has 0 radical (unpaired) electrons. The third-order valence-electron chi connectivity index (χ3n) is 3.16. The van der Waals surface area contributed by atoms with Gasteiger partial charge in [-0.05, 0) is 43.0 Å². The maximum absolute atomic E-state index is 13.3. The molecule has 1 unspecified atom stereocenters. The van der Waals surface area contributed by atoms with E-state index in [1.807, 2.05) is 0 Å². The van der Waals surface area contributed by atoms with Crippen molar-refractivity contribution in [1.82, 2.24) is 5.32 Å². The molecule has 2 amide bonds. The first-order valence-electron chi connectivity index (χ1n) is 5.59. The highest BCUT2D eigenvalue weighted by atomic mass is 19.1. The van der Waals surface area contributed by atoms with Crippen LogP contribution in [0.2, 0.25) is 0 Å². The molecule has 1 atom stereocenters. The number of carbonyl (C=O) groups is 2. The van der Waals surface area contributed by atoms with Gasteiger partial charge in [-0.2, -0.15) is 0 Å². The number of hydrogen-bond donors (Lipinski definition) is 1. The van der Waals surface area contributed by atoms with Gasteiger partial charge in [-0.1, -0.05) is 6.07 Å². The number of piperidine rings is 1. The SMILES string of the molecule is Cc1cc(C2CCC(=O)NC2=O)c(C)cc1F. The van der Waals surface area contributed by atoms with E-state index in [1.165, 1.54) is 6.07 Å². The fourth-order valence-electron chi connectivity index (χ4n) is 2.17. The second-order valence-electron chi connectivity index (χ2n) is 4.46. The van der Waals surface area contributed by atoms with Crippen LogP contribution in [0.4, 0.5) is 4.39 Å². The average molecular weight is 235 g/mol. The first-order chi connectivity index (χ1) is 7.99. The van der Waals surface area contributed by atoms with Gasteiger partial charge in [-0.25, -0.2) is 4.39 Å². The molecule has 90 valence electrons. The molecule has 17 heavy (non-hydrogen) atoms. The zero-order valence-electron chi connectivity index (χ0n) is 9.84. The zero-order chi connectivity index (χ0) is 12.6. The van der Waals surface area contributed by atoms with Crippen LogP contribution in [0.3, 0.4) is 0 Å². The van der Waals surface area contributed by atoms with Crippen molar-refractivity contribution < 1.29 is 14.0 Å². The van der Waals surface area contributed by atoms with Crippen LogP contribution in [0.5, 0.6) is 0 Å². The Bertz CT molecular complexity index is 496. The highest BCUT2D eigenvalue weighted by Crippen LogP contribution is 2.29. The van der Waals surface area contributed by atoms with Crippen LogP contribution < -0.4 is 5.32 Å². The minimum atomic E-state index is -0.341. The molecule has 1 N–H and O–H groups in total. The zero-order valence-corrected chi connectivity index (χ0v) is 9.84. The lowest BCUT2D eigenvalue weighted by atomic mass is 9.87. The van der Waals surface area contributed by atoms with Crippen LogP contribution in [-0.2, 0) is 9.59 Å². The van der Waals surface area contributed by atoms with E-state index >= 15 is 0 Å². The van der Waals surface area contributed by atoms with Crippen molar-refractivity contribution in [3.8, 4) is 0 Å². The molecule has 0 spiro atoms. The molecule has 0 saturated carbocycles. The Balaban J connectivity index is 2.37. The summed E-state index contributed by atoms with van der Waals surface area (Å²) in [6.07, 6.45) is 0.836. The van der Waals surface area contributed by atoms with Gasteiger partial charge in [0.15, 0.2) is 0 Å². The van der Waals surface area contributed by atoms with Crippen LogP contribution >= 0.6 is 0 Å². The lowest BCUT2D eigenvalue weighted by Gasteiger charge is -2.23. The van der Waals surface area contributed by atoms with E-state index in [0.29, 0.717) is 18.4 Å². The second kappa shape index (κ2) is 4.28. The van der Waals surface area contributed by atoms with E-state index in [4.69, 9.17) is 0 Å². The largest absolute Gasteiger partial charge is 0.296 e. The Morgan fingerprint density at radius 2 is 1.94 bits per heavy atom. The highest BCUT2D eigenvalue weighted by Gasteiger charge is 2.29. The molecule has 2 rings (SSSR count). The summed E-state index contributed by atoms with van der Waals surface area (Å²) in [5, 5.41) is 2.32. The van der Waals surface area contributed by atoms with Crippen molar-refractivity contribution in [2.45, 2.75) is 32.6 Å². The number of aryl methyl sites for hydroxylation is 2. The van der Waals surface area contributed by atoms with E-state index in [9.17, 15) is 14.0 Å². The number of rotatable bonds is 1. The van der Waals surface area contributed by atoms with Gasteiger partial charge in [0.05, 0.1) is 5.92 Å². The van der Waals surface area contributed by atoms with Crippen molar-refractivity contribution >= 4 is 11.8 Å². The summed E-state index contributed by atoms with van der Waals surface area (Å²) in [5.74, 6) is -1.12. The molecular weight excluding hydrogens is 221 g/mol. The maximum atomic E-state index is 13.3. The second-order valence-corrected chi connectivity index (χ2v) is 4.46. The molecule has 0 bridgehead atoms. The first-order valence-corrected chi connectivity index (χ1v) is 5.59. The molecule has 3 nitrogen and oxygen atoms in total. The summed E-state index contributed by atoms with van der Waals surface area (Å²) in [6, 6.07) is 3.14. The number of carbonyl (C=O) groups excluding carboxylic acids is 2. The van der Waals surface area contributed by atoms with Crippen LogP contribution in [0, 0.1) is 19.7 Å². The monoisotopic (exact) mass is 235 g/mol. The molecule has 1 aliphatic rings. The van der Waals surface area contributed by atoms with E-state index < -0.39 is 0 Å². The van der Waals surface area contributed by atoms with Crippen molar-refractivity contribution in [3.05, 3.63) is 34.6 Å². The van der Waals surface area contributed by atoms with Gasteiger partial charge in [0, 0.05) is 6.42 Å². The number of amides is 2. The van der Waals surface area contributed by atoms with Gasteiger partial charge < -0.3 is 0 Å². The molecule has 1 aromatic rings. The van der Waals surface area contributed by atoms with E-state index in [-0.39, 0.29) is 23.5 Å². The third-order valence-corrected chi connectivity index (χ3v) is 3.16. The molecule has 4 heteroatoms. The molecule has 1 saturated heterocycles. The van der Waals surface area contributed by atoms with Crippen molar-refractivity contribution in [2.75, 3.05) is 0 Å². The average Bonchev–Trinajstić information content (AvgIpc) is 2.24. The van der Waals surface area contributed by atoms with Crippen molar-refractivity contribution in [1.29, 1.82) is 0 Å². The van der Waals surface area contributed by atoms with E-state index in [2.05, 4.69) is 5.32 Å². The Morgan fingerprint density at radius 3 is 2.59 bits per heavy atom. The third kappa shape index (κ3) is 2.20. The summed E-state index contributed by atoms with van der Waals surface area (Å²) in [4.78, 5) is 22.8. The predicted molar refractivity (Wildman–Crippen MR) is 61.0 cm³/mol. The summed E-state index contributed by atoms with van der Waals surface area (Å²) in [7, 11) is 0. The quantitative estimate of drug-likeness (QED) is 0.756. The van der Waals surface area contributed by atoms with Gasteiger partial charge in [-0.15, -0.1) is 0 Å². The topological polar surface area (TPSA) is 46.2 Å². The molecule has 0 aromatic heterocycles. The van der Waals surface area contributed by atoms with Crippen LogP contribution in [-0.4, -0.2) is 11.8 Å². The molecule has 1 fully saturated rings. The van der Waals surface area contributed by atoms with Crippen LogP contribution in [0.25, 0.3) is 0 Å². The number of halogens is 1. The fourth-order valence-corrected chi connectivity index (χ4v) is 2.17. The summed E-state index contributed by atoms with van der Waals surface area (Å²) in [6.45, 7) is 3.45. The van der Waals surface area contributed by atoms with Crippen LogP contribution in [0.15, 0.2) is 12.1 Å². The molecule has 1 heterocycles. The molecule has 1 aliphatic heterocycles. The Hall–Kier alpha value is -1.71. The normalized spacial score (nSPS) is 20.3. The minimum Gasteiger partial charge on any atom is -0.296 e. The van der Waals surface area contributed by atoms with E-state index in [1.54, 1.807) is 19.9 Å². The molecule has 0 aliphatic carbocycles. The summed E-state index contributed by atoms with van der Waals surface area (Å²) in [5.41, 5.74) is 2.09. The molecular formula is C13H14FNO2. The standard InChI is InChI=1S/C13H14FNO2/c1-7-6-11(14)8(2)5-10(7)9-3-4-12(16)15-13(9)17/h5-6,9H,3-4H2,1-2H3,(H,15,16,17). The Kier molecular flexibility index (Phi) is 2.96. The lowest BCUT2D eigenvalue weighted by molar-refractivity contribution is -0.134. The summed E-state index contributed by atoms with van der Waals surface area (Å²) < 4.78 is 13.3. The number of imide groups is 1. The predicted octanol–water partition coefficient (Wildman–Crippen LogP) is 1.96. The Labute approximate surface area is 99.0 Å².